The number of nitrogen functional groups attached to an aromatic ring is 1. The van der Waals surface area contributed by atoms with Crippen LogP contribution in [0.1, 0.15) is 26.2 Å². The van der Waals surface area contributed by atoms with Crippen molar-refractivity contribution in [2.45, 2.75) is 26.2 Å². The molecule has 0 radical (unpaired) electrons. The summed E-state index contributed by atoms with van der Waals surface area (Å²) in [6.45, 7) is 4.09. The first kappa shape index (κ1) is 13.7. The highest BCUT2D eigenvalue weighted by Crippen LogP contribution is 2.29. The molecule has 1 aromatic rings. The summed E-state index contributed by atoms with van der Waals surface area (Å²) in [6.07, 6.45) is 2.94. The van der Waals surface area contributed by atoms with Crippen molar-refractivity contribution in [3.63, 3.8) is 0 Å². The number of hydrogen-bond acceptors (Lipinski definition) is 3. The van der Waals surface area contributed by atoms with E-state index in [1.165, 1.54) is 12.8 Å². The van der Waals surface area contributed by atoms with Crippen molar-refractivity contribution in [1.82, 2.24) is 4.90 Å². The molecular weight excluding hydrogens is 240 g/mol. The van der Waals surface area contributed by atoms with E-state index in [4.69, 9.17) is 10.5 Å². The van der Waals surface area contributed by atoms with Crippen LogP contribution in [0.15, 0.2) is 24.3 Å². The molecule has 0 heterocycles. The van der Waals surface area contributed by atoms with Gasteiger partial charge in [-0.15, -0.1) is 0 Å². The van der Waals surface area contributed by atoms with E-state index < -0.39 is 0 Å². The molecule has 1 saturated carbocycles. The predicted octanol–water partition coefficient (Wildman–Crippen LogP) is 2.30. The molecule has 0 spiro atoms. The average Bonchev–Trinajstić information content (AvgIpc) is 3.22. The number of carbonyl (C=O) groups excluding carboxylic acids is 1. The second kappa shape index (κ2) is 6.45. The zero-order chi connectivity index (χ0) is 13.7. The quantitative estimate of drug-likeness (QED) is 0.767. The van der Waals surface area contributed by atoms with Crippen LogP contribution in [0.2, 0.25) is 0 Å². The summed E-state index contributed by atoms with van der Waals surface area (Å²) in [4.78, 5) is 14.0. The molecule has 0 saturated heterocycles. The fourth-order valence-electron chi connectivity index (χ4n) is 2.04. The minimum Gasteiger partial charge on any atom is -0.491 e. The Kier molecular flexibility index (Phi) is 4.66. The maximum Gasteiger partial charge on any atom is 0.225 e. The molecule has 0 aliphatic heterocycles. The Bertz CT molecular complexity index is 430. The lowest BCUT2D eigenvalue weighted by molar-refractivity contribution is -0.131. The van der Waals surface area contributed by atoms with Gasteiger partial charge in [-0.1, -0.05) is 12.1 Å². The maximum absolute atomic E-state index is 12.0. The van der Waals surface area contributed by atoms with Gasteiger partial charge in [0.25, 0.3) is 0 Å². The number of nitrogens with two attached hydrogens (primary N) is 1. The standard InChI is InChI=1S/C15H22N2O2/c1-2-17(11-12-7-8-12)15(18)9-10-19-14-6-4-3-5-13(14)16/h3-6,12H,2,7-11,16H2,1H3. The second-order valence-corrected chi connectivity index (χ2v) is 5.01. The monoisotopic (exact) mass is 262 g/mol. The van der Waals surface area contributed by atoms with Gasteiger partial charge >= 0.3 is 0 Å². The number of ether oxygens (including phenoxy) is 1. The number of rotatable bonds is 7. The van der Waals surface area contributed by atoms with Crippen molar-refractivity contribution in [2.75, 3.05) is 25.4 Å². The molecule has 0 aromatic heterocycles. The lowest BCUT2D eigenvalue weighted by Crippen LogP contribution is -2.33. The molecule has 0 bridgehead atoms. The second-order valence-electron chi connectivity index (χ2n) is 5.01. The molecule has 2 N–H and O–H groups in total. The third kappa shape index (κ3) is 4.16. The molecule has 2 rings (SSSR count). The smallest absolute Gasteiger partial charge is 0.225 e. The van der Waals surface area contributed by atoms with Gasteiger partial charge in [0.1, 0.15) is 5.75 Å². The van der Waals surface area contributed by atoms with Crippen LogP contribution in [0.5, 0.6) is 5.75 Å². The first-order chi connectivity index (χ1) is 9.20. The number of amides is 1. The van der Waals surface area contributed by atoms with E-state index in [9.17, 15) is 4.79 Å². The van der Waals surface area contributed by atoms with Crippen molar-refractivity contribution < 1.29 is 9.53 Å². The first-order valence-electron chi connectivity index (χ1n) is 6.95. The van der Waals surface area contributed by atoms with Crippen LogP contribution in [0.25, 0.3) is 0 Å². The molecule has 1 aromatic carbocycles. The maximum atomic E-state index is 12.0. The Morgan fingerprint density at radius 2 is 2.16 bits per heavy atom. The molecule has 0 atom stereocenters. The third-order valence-electron chi connectivity index (χ3n) is 3.40. The number of hydrogen-bond donors (Lipinski definition) is 1. The third-order valence-corrected chi connectivity index (χ3v) is 3.40. The fourth-order valence-corrected chi connectivity index (χ4v) is 2.04. The number of nitrogens with zero attached hydrogens (tertiary/aromatic N) is 1. The summed E-state index contributed by atoms with van der Waals surface area (Å²) in [5, 5.41) is 0. The molecule has 4 heteroatoms. The Balaban J connectivity index is 1.74. The minimum absolute atomic E-state index is 0.170. The number of para-hydroxylation sites is 2. The van der Waals surface area contributed by atoms with Crippen LogP contribution < -0.4 is 10.5 Å². The SMILES string of the molecule is CCN(CC1CC1)C(=O)CCOc1ccccc1N. The van der Waals surface area contributed by atoms with E-state index in [2.05, 4.69) is 0 Å². The van der Waals surface area contributed by atoms with Crippen LogP contribution in [-0.2, 0) is 4.79 Å². The van der Waals surface area contributed by atoms with Gasteiger partial charge in [0, 0.05) is 13.1 Å². The molecule has 0 unspecified atom stereocenters. The summed E-state index contributed by atoms with van der Waals surface area (Å²) >= 11 is 0. The highest BCUT2D eigenvalue weighted by atomic mass is 16.5. The summed E-state index contributed by atoms with van der Waals surface area (Å²) < 4.78 is 5.55. The predicted molar refractivity (Wildman–Crippen MR) is 75.9 cm³/mol. The zero-order valence-corrected chi connectivity index (χ0v) is 11.5. The summed E-state index contributed by atoms with van der Waals surface area (Å²) in [5.74, 6) is 1.55. The van der Waals surface area contributed by atoms with Crippen molar-refractivity contribution in [1.29, 1.82) is 0 Å². The van der Waals surface area contributed by atoms with Crippen LogP contribution in [0.4, 0.5) is 5.69 Å². The van der Waals surface area contributed by atoms with Gasteiger partial charge in [0.2, 0.25) is 5.91 Å². The van der Waals surface area contributed by atoms with Crippen molar-refractivity contribution in [2.24, 2.45) is 5.92 Å². The number of benzene rings is 1. The molecule has 1 fully saturated rings. The highest BCUT2D eigenvalue weighted by molar-refractivity contribution is 5.76. The first-order valence-corrected chi connectivity index (χ1v) is 6.95. The van der Waals surface area contributed by atoms with Crippen molar-refractivity contribution >= 4 is 11.6 Å². The lowest BCUT2D eigenvalue weighted by atomic mass is 10.3. The topological polar surface area (TPSA) is 55.6 Å². The number of anilines is 1. The summed E-state index contributed by atoms with van der Waals surface area (Å²) in [5.41, 5.74) is 6.39. The van der Waals surface area contributed by atoms with Gasteiger partial charge in [-0.05, 0) is 37.8 Å². The van der Waals surface area contributed by atoms with Crippen LogP contribution in [0, 0.1) is 5.92 Å². The van der Waals surface area contributed by atoms with Crippen molar-refractivity contribution in [3.05, 3.63) is 24.3 Å². The van der Waals surface area contributed by atoms with Crippen LogP contribution in [0.3, 0.4) is 0 Å². The van der Waals surface area contributed by atoms with Gasteiger partial charge < -0.3 is 15.4 Å². The number of carbonyl (C=O) groups is 1. The molecule has 19 heavy (non-hydrogen) atoms. The lowest BCUT2D eigenvalue weighted by Gasteiger charge is -2.20. The van der Waals surface area contributed by atoms with Gasteiger partial charge in [-0.2, -0.15) is 0 Å². The van der Waals surface area contributed by atoms with Gasteiger partial charge in [-0.25, -0.2) is 0 Å². The molecule has 4 nitrogen and oxygen atoms in total. The van der Waals surface area contributed by atoms with E-state index in [0.29, 0.717) is 24.5 Å². The largest absolute Gasteiger partial charge is 0.491 e. The molecule has 1 amide bonds. The van der Waals surface area contributed by atoms with Crippen LogP contribution >= 0.6 is 0 Å². The van der Waals surface area contributed by atoms with E-state index in [0.717, 1.165) is 19.0 Å². The Morgan fingerprint density at radius 3 is 2.79 bits per heavy atom. The van der Waals surface area contributed by atoms with E-state index in [-0.39, 0.29) is 5.91 Å². The fraction of sp³-hybridized carbons (Fsp3) is 0.533. The Morgan fingerprint density at radius 1 is 1.42 bits per heavy atom. The van der Waals surface area contributed by atoms with Gasteiger partial charge in [0.05, 0.1) is 18.7 Å². The molecule has 1 aliphatic carbocycles. The van der Waals surface area contributed by atoms with Gasteiger partial charge in [0.15, 0.2) is 0 Å². The van der Waals surface area contributed by atoms with E-state index in [1.807, 2.05) is 30.0 Å². The normalized spacial score (nSPS) is 14.2. The molecule has 1 aliphatic rings. The van der Waals surface area contributed by atoms with Crippen LogP contribution in [-0.4, -0.2) is 30.5 Å². The zero-order valence-electron chi connectivity index (χ0n) is 11.5. The molecule has 104 valence electrons. The van der Waals surface area contributed by atoms with E-state index in [1.54, 1.807) is 6.07 Å². The molecular formula is C15H22N2O2. The average molecular weight is 262 g/mol. The summed E-state index contributed by atoms with van der Waals surface area (Å²) in [6, 6.07) is 7.35. The Hall–Kier alpha value is -1.71. The van der Waals surface area contributed by atoms with Gasteiger partial charge in [-0.3, -0.25) is 4.79 Å². The highest BCUT2D eigenvalue weighted by Gasteiger charge is 2.25. The summed E-state index contributed by atoms with van der Waals surface area (Å²) in [7, 11) is 0. The van der Waals surface area contributed by atoms with Crippen molar-refractivity contribution in [3.8, 4) is 5.75 Å². The van der Waals surface area contributed by atoms with E-state index >= 15 is 0 Å². The minimum atomic E-state index is 0.170. The Labute approximate surface area is 114 Å².